The molecule has 3 heterocycles. The van der Waals surface area contributed by atoms with Gasteiger partial charge in [0.15, 0.2) is 6.10 Å². The molecular weight excluding hydrogens is 366 g/mol. The number of imide groups is 1. The van der Waals surface area contributed by atoms with E-state index in [1.54, 1.807) is 23.5 Å². The SMILES string of the molecule is Cc1cccc(N2C(=O)C3ON(c4ccccc4)C(c4cccnc4)C3C2=O)c1. The largest absolute Gasteiger partial charge is 0.273 e. The van der Waals surface area contributed by atoms with Gasteiger partial charge < -0.3 is 0 Å². The summed E-state index contributed by atoms with van der Waals surface area (Å²) in [5.41, 5.74) is 3.18. The topological polar surface area (TPSA) is 62.7 Å². The molecule has 2 saturated heterocycles. The Kier molecular flexibility index (Phi) is 4.14. The summed E-state index contributed by atoms with van der Waals surface area (Å²) >= 11 is 0. The number of benzene rings is 2. The van der Waals surface area contributed by atoms with E-state index in [9.17, 15) is 9.59 Å². The predicted octanol–water partition coefficient (Wildman–Crippen LogP) is 3.44. The second kappa shape index (κ2) is 6.83. The highest BCUT2D eigenvalue weighted by Gasteiger charge is 2.60. The van der Waals surface area contributed by atoms with Gasteiger partial charge in [0, 0.05) is 12.4 Å². The lowest BCUT2D eigenvalue weighted by molar-refractivity contribution is -0.126. The second-order valence-corrected chi connectivity index (χ2v) is 7.30. The van der Waals surface area contributed by atoms with Gasteiger partial charge in [-0.05, 0) is 48.4 Å². The minimum absolute atomic E-state index is 0.252. The van der Waals surface area contributed by atoms with E-state index in [1.165, 1.54) is 4.90 Å². The van der Waals surface area contributed by atoms with Crippen molar-refractivity contribution in [1.29, 1.82) is 0 Å². The van der Waals surface area contributed by atoms with Crippen molar-refractivity contribution in [2.75, 3.05) is 9.96 Å². The van der Waals surface area contributed by atoms with E-state index in [0.717, 1.165) is 16.8 Å². The number of carbonyl (C=O) groups excluding carboxylic acids is 2. The lowest BCUT2D eigenvalue weighted by atomic mass is 9.91. The van der Waals surface area contributed by atoms with Crippen LogP contribution in [0.1, 0.15) is 17.2 Å². The second-order valence-electron chi connectivity index (χ2n) is 7.30. The molecule has 5 rings (SSSR count). The van der Waals surface area contributed by atoms with Crippen molar-refractivity contribution in [2.45, 2.75) is 19.1 Å². The summed E-state index contributed by atoms with van der Waals surface area (Å²) in [6, 6.07) is 20.2. The molecule has 6 nitrogen and oxygen atoms in total. The number of rotatable bonds is 3. The molecule has 1 aromatic heterocycles. The molecule has 0 bridgehead atoms. The van der Waals surface area contributed by atoms with Crippen LogP contribution < -0.4 is 9.96 Å². The number of pyridine rings is 1. The van der Waals surface area contributed by atoms with Crippen molar-refractivity contribution in [3.8, 4) is 0 Å². The summed E-state index contributed by atoms with van der Waals surface area (Å²) in [7, 11) is 0. The van der Waals surface area contributed by atoms with Crippen molar-refractivity contribution in [2.24, 2.45) is 5.92 Å². The zero-order valence-electron chi connectivity index (χ0n) is 15.8. The molecular formula is C23H19N3O3. The van der Waals surface area contributed by atoms with Gasteiger partial charge in [-0.15, -0.1) is 0 Å². The van der Waals surface area contributed by atoms with Crippen molar-refractivity contribution in [3.05, 3.63) is 90.3 Å². The Bertz CT molecular complexity index is 1070. The molecule has 3 unspecified atom stereocenters. The van der Waals surface area contributed by atoms with Crippen LogP contribution in [0.25, 0.3) is 0 Å². The molecule has 3 atom stereocenters. The highest BCUT2D eigenvalue weighted by Crippen LogP contribution is 2.47. The first-order valence-electron chi connectivity index (χ1n) is 9.50. The van der Waals surface area contributed by atoms with Gasteiger partial charge in [-0.25, -0.2) is 9.96 Å². The number of hydrogen-bond acceptors (Lipinski definition) is 5. The lowest BCUT2D eigenvalue weighted by Crippen LogP contribution is -2.37. The summed E-state index contributed by atoms with van der Waals surface area (Å²) in [6.45, 7) is 1.93. The van der Waals surface area contributed by atoms with E-state index in [-0.39, 0.29) is 11.8 Å². The predicted molar refractivity (Wildman–Crippen MR) is 108 cm³/mol. The summed E-state index contributed by atoms with van der Waals surface area (Å²) in [4.78, 5) is 38.2. The van der Waals surface area contributed by atoms with Crippen LogP contribution in [0.3, 0.4) is 0 Å². The highest BCUT2D eigenvalue weighted by molar-refractivity contribution is 6.23. The minimum atomic E-state index is -0.867. The molecule has 6 heteroatoms. The van der Waals surface area contributed by atoms with Gasteiger partial charge in [0.05, 0.1) is 17.4 Å². The molecule has 3 aromatic rings. The van der Waals surface area contributed by atoms with E-state index < -0.39 is 18.1 Å². The Morgan fingerprint density at radius 1 is 0.897 bits per heavy atom. The van der Waals surface area contributed by atoms with Gasteiger partial charge >= 0.3 is 0 Å². The smallest absolute Gasteiger partial charge is 0.266 e. The zero-order chi connectivity index (χ0) is 20.0. The Labute approximate surface area is 168 Å². The Balaban J connectivity index is 1.59. The van der Waals surface area contributed by atoms with Gasteiger partial charge in [0.2, 0.25) is 5.91 Å². The van der Waals surface area contributed by atoms with Crippen LogP contribution in [0.2, 0.25) is 0 Å². The van der Waals surface area contributed by atoms with E-state index >= 15 is 0 Å². The highest BCUT2D eigenvalue weighted by atomic mass is 16.7. The van der Waals surface area contributed by atoms with Crippen molar-refractivity contribution in [3.63, 3.8) is 0 Å². The maximum absolute atomic E-state index is 13.4. The third kappa shape index (κ3) is 2.80. The number of aromatic nitrogens is 1. The number of nitrogens with zero attached hydrogens (tertiary/aromatic N) is 3. The Morgan fingerprint density at radius 3 is 2.41 bits per heavy atom. The average molecular weight is 385 g/mol. The van der Waals surface area contributed by atoms with E-state index in [1.807, 2.05) is 67.6 Å². The van der Waals surface area contributed by atoms with Crippen molar-refractivity contribution >= 4 is 23.2 Å². The molecule has 0 N–H and O–H groups in total. The number of carbonyl (C=O) groups is 2. The van der Waals surface area contributed by atoms with Crippen LogP contribution in [0, 0.1) is 12.8 Å². The molecule has 29 heavy (non-hydrogen) atoms. The number of hydroxylamine groups is 1. The lowest BCUT2D eigenvalue weighted by Gasteiger charge is -2.28. The van der Waals surface area contributed by atoms with Crippen LogP contribution in [0.5, 0.6) is 0 Å². The normalized spacial score (nSPS) is 23.6. The number of anilines is 2. The summed E-state index contributed by atoms with van der Waals surface area (Å²) in [6.07, 6.45) is 2.54. The number of amides is 2. The number of aryl methyl sites for hydroxylation is 1. The van der Waals surface area contributed by atoms with Crippen LogP contribution >= 0.6 is 0 Å². The van der Waals surface area contributed by atoms with Gasteiger partial charge in [0.1, 0.15) is 5.92 Å². The minimum Gasteiger partial charge on any atom is -0.273 e. The average Bonchev–Trinajstić information content (AvgIpc) is 3.26. The fraction of sp³-hybridized carbons (Fsp3) is 0.174. The first kappa shape index (κ1) is 17.6. The van der Waals surface area contributed by atoms with Gasteiger partial charge in [0.25, 0.3) is 5.91 Å². The number of para-hydroxylation sites is 1. The van der Waals surface area contributed by atoms with Crippen molar-refractivity contribution in [1.82, 2.24) is 4.98 Å². The fourth-order valence-electron chi connectivity index (χ4n) is 4.12. The summed E-state index contributed by atoms with van der Waals surface area (Å²) < 4.78 is 0. The number of fused-ring (bicyclic) bond motifs is 1. The molecule has 2 fully saturated rings. The molecule has 0 radical (unpaired) electrons. The van der Waals surface area contributed by atoms with E-state index in [0.29, 0.717) is 5.69 Å². The van der Waals surface area contributed by atoms with Crippen LogP contribution in [0.4, 0.5) is 11.4 Å². The monoisotopic (exact) mass is 385 g/mol. The van der Waals surface area contributed by atoms with E-state index in [4.69, 9.17) is 4.84 Å². The Hall–Kier alpha value is -3.51. The molecule has 2 aliphatic heterocycles. The Morgan fingerprint density at radius 2 is 1.69 bits per heavy atom. The standard InChI is InChI=1S/C23H19N3O3/c1-15-7-5-11-18(13-15)25-22(27)19-20(16-8-6-12-24-14-16)26(29-21(19)23(25)28)17-9-3-2-4-10-17/h2-14,19-21H,1H3. The van der Waals surface area contributed by atoms with Gasteiger partial charge in [-0.1, -0.05) is 36.4 Å². The van der Waals surface area contributed by atoms with Crippen LogP contribution in [-0.4, -0.2) is 22.9 Å². The van der Waals surface area contributed by atoms with Crippen LogP contribution in [-0.2, 0) is 14.4 Å². The molecule has 0 spiro atoms. The quantitative estimate of drug-likeness (QED) is 0.647. The maximum Gasteiger partial charge on any atom is 0.266 e. The first-order chi connectivity index (χ1) is 14.1. The maximum atomic E-state index is 13.4. The first-order valence-corrected chi connectivity index (χ1v) is 9.50. The van der Waals surface area contributed by atoms with Gasteiger partial charge in [-0.2, -0.15) is 0 Å². The third-order valence-electron chi connectivity index (χ3n) is 5.41. The molecule has 0 aliphatic carbocycles. The third-order valence-corrected chi connectivity index (χ3v) is 5.41. The molecule has 2 aliphatic rings. The van der Waals surface area contributed by atoms with Gasteiger partial charge in [-0.3, -0.25) is 19.4 Å². The van der Waals surface area contributed by atoms with Crippen molar-refractivity contribution < 1.29 is 14.4 Å². The number of hydrogen-bond donors (Lipinski definition) is 0. The summed E-state index contributed by atoms with van der Waals surface area (Å²) in [5, 5.41) is 1.68. The summed E-state index contributed by atoms with van der Waals surface area (Å²) in [5.74, 6) is -1.23. The molecule has 2 aromatic carbocycles. The molecule has 144 valence electrons. The van der Waals surface area contributed by atoms with Crippen LogP contribution in [0.15, 0.2) is 79.1 Å². The molecule has 2 amide bonds. The van der Waals surface area contributed by atoms with E-state index in [2.05, 4.69) is 4.98 Å². The fourth-order valence-corrected chi connectivity index (χ4v) is 4.12. The zero-order valence-corrected chi connectivity index (χ0v) is 15.8. The molecule has 0 saturated carbocycles.